The van der Waals surface area contributed by atoms with E-state index in [-0.39, 0.29) is 41.6 Å². The maximum atomic E-state index is 14.4. The molecule has 5 N–H and O–H groups in total. The number of carbonyl (C=O) groups is 1. The zero-order chi connectivity index (χ0) is 27.4. The van der Waals surface area contributed by atoms with Gasteiger partial charge in [0.2, 0.25) is 5.96 Å². The molecule has 38 heavy (non-hydrogen) atoms. The number of primary amides is 1. The molecule has 1 atom stereocenters. The molecule has 8 nitrogen and oxygen atoms in total. The molecule has 3 heterocycles. The standard InChI is InChI=1S/C23H18F7N7O/c24-15-6-2-5-14(22(25,26)27)12(15)7-32-20-11-4-1-3-10(19(31)38)17(11)33-21(34-20)37-8-13-16(9-37)35-36-18(13)23(28,29)30/h1-6,20,32H,7-9H2,(H2,31,38)(H,33,34)(H,35,36). The highest BCUT2D eigenvalue weighted by molar-refractivity contribution is 6.06. The molecular formula is C23H18F7N7O. The van der Waals surface area contributed by atoms with Gasteiger partial charge >= 0.3 is 12.4 Å². The van der Waals surface area contributed by atoms with Crippen LogP contribution in [0, 0.1) is 5.82 Å². The summed E-state index contributed by atoms with van der Waals surface area (Å²) in [6.45, 7) is -0.875. The Kier molecular flexibility index (Phi) is 6.04. The third-order valence-corrected chi connectivity index (χ3v) is 6.26. The monoisotopic (exact) mass is 541 g/mol. The maximum Gasteiger partial charge on any atom is 0.435 e. The van der Waals surface area contributed by atoms with E-state index < -0.39 is 53.6 Å². The summed E-state index contributed by atoms with van der Waals surface area (Å²) >= 11 is 0. The van der Waals surface area contributed by atoms with Gasteiger partial charge in [-0.15, -0.1) is 0 Å². The molecule has 2 aliphatic rings. The lowest BCUT2D eigenvalue weighted by Crippen LogP contribution is -2.39. The Morgan fingerprint density at radius 1 is 1.08 bits per heavy atom. The quantitative estimate of drug-likeness (QED) is 0.369. The van der Waals surface area contributed by atoms with E-state index in [1.54, 1.807) is 0 Å². The van der Waals surface area contributed by atoms with Crippen LogP contribution >= 0.6 is 0 Å². The number of carbonyl (C=O) groups excluding carboxylic acids is 1. The predicted octanol–water partition coefficient (Wildman–Crippen LogP) is 4.27. The molecule has 0 radical (unpaired) electrons. The fourth-order valence-electron chi connectivity index (χ4n) is 4.52. The number of aromatic amines is 1. The highest BCUT2D eigenvalue weighted by Crippen LogP contribution is 2.38. The summed E-state index contributed by atoms with van der Waals surface area (Å²) in [6.07, 6.45) is -10.6. The van der Waals surface area contributed by atoms with Crippen molar-refractivity contribution in [3.8, 4) is 0 Å². The molecule has 2 aromatic carbocycles. The highest BCUT2D eigenvalue weighted by atomic mass is 19.4. The minimum Gasteiger partial charge on any atom is -0.366 e. The number of H-pyrrole nitrogens is 1. The smallest absolute Gasteiger partial charge is 0.366 e. The van der Waals surface area contributed by atoms with Crippen molar-refractivity contribution in [2.75, 3.05) is 5.32 Å². The first-order valence-corrected chi connectivity index (χ1v) is 11.1. The number of nitrogens with one attached hydrogen (secondary N) is 3. The predicted molar refractivity (Wildman–Crippen MR) is 120 cm³/mol. The number of anilines is 1. The first-order valence-electron chi connectivity index (χ1n) is 11.1. The van der Waals surface area contributed by atoms with E-state index in [9.17, 15) is 35.5 Å². The van der Waals surface area contributed by atoms with Crippen LogP contribution in [0.2, 0.25) is 0 Å². The van der Waals surface area contributed by atoms with E-state index in [1.165, 1.54) is 23.1 Å². The SMILES string of the molecule is NC(=O)c1cccc2c1NC(N1Cc3[nH]nc(C(F)(F)F)c3C1)=NC2NCc1c(F)cccc1C(F)(F)F. The Hall–Kier alpha value is -4.14. The van der Waals surface area contributed by atoms with Gasteiger partial charge in [-0.3, -0.25) is 15.2 Å². The lowest BCUT2D eigenvalue weighted by atomic mass is 10.0. The number of guanidine groups is 1. The summed E-state index contributed by atoms with van der Waals surface area (Å²) in [5, 5.41) is 11.4. The van der Waals surface area contributed by atoms with Gasteiger partial charge in [0.05, 0.1) is 35.6 Å². The van der Waals surface area contributed by atoms with E-state index in [0.29, 0.717) is 5.56 Å². The van der Waals surface area contributed by atoms with Crippen LogP contribution < -0.4 is 16.4 Å². The van der Waals surface area contributed by atoms with Gasteiger partial charge < -0.3 is 16.0 Å². The van der Waals surface area contributed by atoms with E-state index in [4.69, 9.17) is 5.73 Å². The molecule has 0 saturated carbocycles. The summed E-state index contributed by atoms with van der Waals surface area (Å²) in [6, 6.07) is 7.03. The molecule has 3 aromatic rings. The molecule has 0 aliphatic carbocycles. The molecule has 1 unspecified atom stereocenters. The van der Waals surface area contributed by atoms with Gasteiger partial charge in [-0.05, 0) is 18.2 Å². The molecule has 0 bridgehead atoms. The van der Waals surface area contributed by atoms with Crippen molar-refractivity contribution in [1.82, 2.24) is 20.4 Å². The number of aliphatic imine (C=N–C) groups is 1. The number of alkyl halides is 6. The van der Waals surface area contributed by atoms with Gasteiger partial charge in [0.25, 0.3) is 5.91 Å². The normalized spacial score (nSPS) is 17.1. The molecule has 1 amide bonds. The Morgan fingerprint density at radius 2 is 1.82 bits per heavy atom. The lowest BCUT2D eigenvalue weighted by Gasteiger charge is -2.31. The van der Waals surface area contributed by atoms with Crippen LogP contribution in [0.5, 0.6) is 0 Å². The van der Waals surface area contributed by atoms with Crippen LogP contribution in [0.25, 0.3) is 0 Å². The van der Waals surface area contributed by atoms with E-state index in [1.807, 2.05) is 0 Å². The van der Waals surface area contributed by atoms with Crippen molar-refractivity contribution in [1.29, 1.82) is 0 Å². The summed E-state index contributed by atoms with van der Waals surface area (Å²) in [5.41, 5.74) is 3.27. The van der Waals surface area contributed by atoms with E-state index >= 15 is 0 Å². The fraction of sp³-hybridized carbons (Fsp3) is 0.261. The first-order chi connectivity index (χ1) is 17.8. The van der Waals surface area contributed by atoms with E-state index in [2.05, 4.69) is 25.8 Å². The zero-order valence-electron chi connectivity index (χ0n) is 19.1. The van der Waals surface area contributed by atoms with Crippen molar-refractivity contribution in [2.45, 2.75) is 38.2 Å². The summed E-state index contributed by atoms with van der Waals surface area (Å²) in [7, 11) is 0. The number of hydrogen-bond donors (Lipinski definition) is 4. The summed E-state index contributed by atoms with van der Waals surface area (Å²) in [5.74, 6) is -1.87. The Bertz CT molecular complexity index is 1440. The van der Waals surface area contributed by atoms with Crippen molar-refractivity contribution in [2.24, 2.45) is 10.7 Å². The third-order valence-electron chi connectivity index (χ3n) is 6.26. The average molecular weight is 541 g/mol. The minimum atomic E-state index is -4.81. The molecule has 2 aliphatic heterocycles. The Labute approximate surface area is 209 Å². The summed E-state index contributed by atoms with van der Waals surface area (Å²) < 4.78 is 94.9. The molecule has 0 saturated heterocycles. The van der Waals surface area contributed by atoms with Crippen LogP contribution in [0.15, 0.2) is 41.4 Å². The second-order valence-corrected chi connectivity index (χ2v) is 8.64. The van der Waals surface area contributed by atoms with Gasteiger partial charge in [0, 0.05) is 23.2 Å². The number of para-hydroxylation sites is 1. The number of amides is 1. The van der Waals surface area contributed by atoms with Crippen LogP contribution in [0.3, 0.4) is 0 Å². The number of halogens is 7. The van der Waals surface area contributed by atoms with Crippen LogP contribution in [0.4, 0.5) is 36.4 Å². The number of fused-ring (bicyclic) bond motifs is 2. The molecular weight excluding hydrogens is 523 g/mol. The highest BCUT2D eigenvalue weighted by Gasteiger charge is 2.42. The minimum absolute atomic E-state index is 0.0268. The summed E-state index contributed by atoms with van der Waals surface area (Å²) in [4.78, 5) is 18.0. The van der Waals surface area contributed by atoms with Crippen molar-refractivity contribution >= 4 is 17.6 Å². The number of rotatable bonds is 4. The van der Waals surface area contributed by atoms with Crippen LogP contribution in [-0.4, -0.2) is 27.0 Å². The number of nitrogens with zero attached hydrogens (tertiary/aromatic N) is 3. The average Bonchev–Trinajstić information content (AvgIpc) is 3.42. The number of hydrogen-bond acceptors (Lipinski definition) is 6. The molecule has 15 heteroatoms. The Balaban J connectivity index is 1.50. The number of nitrogens with two attached hydrogens (primary N) is 1. The van der Waals surface area contributed by atoms with Crippen LogP contribution in [0.1, 0.15) is 50.2 Å². The van der Waals surface area contributed by atoms with E-state index in [0.717, 1.165) is 18.2 Å². The van der Waals surface area contributed by atoms with Crippen LogP contribution in [-0.2, 0) is 32.0 Å². The Morgan fingerprint density at radius 3 is 2.50 bits per heavy atom. The number of benzene rings is 2. The lowest BCUT2D eigenvalue weighted by molar-refractivity contribution is -0.142. The second-order valence-electron chi connectivity index (χ2n) is 8.64. The maximum absolute atomic E-state index is 14.4. The molecule has 5 rings (SSSR count). The van der Waals surface area contributed by atoms with Crippen molar-refractivity contribution < 1.29 is 35.5 Å². The van der Waals surface area contributed by atoms with Gasteiger partial charge in [-0.2, -0.15) is 31.4 Å². The van der Waals surface area contributed by atoms with Crippen molar-refractivity contribution in [3.63, 3.8) is 0 Å². The first kappa shape index (κ1) is 25.5. The molecule has 1 aromatic heterocycles. The molecule has 200 valence electrons. The topological polar surface area (TPSA) is 111 Å². The van der Waals surface area contributed by atoms with Gasteiger partial charge in [0.15, 0.2) is 5.69 Å². The third kappa shape index (κ3) is 4.53. The van der Waals surface area contributed by atoms with Gasteiger partial charge in [-0.1, -0.05) is 18.2 Å². The molecule has 0 spiro atoms. The molecule has 0 fully saturated rings. The van der Waals surface area contributed by atoms with Gasteiger partial charge in [-0.25, -0.2) is 9.38 Å². The zero-order valence-corrected chi connectivity index (χ0v) is 19.1. The fourth-order valence-corrected chi connectivity index (χ4v) is 4.52. The van der Waals surface area contributed by atoms with Gasteiger partial charge in [0.1, 0.15) is 12.0 Å². The second kappa shape index (κ2) is 9.01. The number of aromatic nitrogens is 2. The van der Waals surface area contributed by atoms with Crippen molar-refractivity contribution in [3.05, 3.63) is 81.4 Å². The largest absolute Gasteiger partial charge is 0.435 e.